The number of hydrogen-bond donors (Lipinski definition) is 0. The summed E-state index contributed by atoms with van der Waals surface area (Å²) in [5.74, 6) is 1.17. The van der Waals surface area contributed by atoms with E-state index in [0.717, 1.165) is 17.6 Å². The lowest BCUT2D eigenvalue weighted by Crippen LogP contribution is -2.40. The third-order valence-electron chi connectivity index (χ3n) is 5.38. The molecule has 3 atom stereocenters. The molecule has 20 heavy (non-hydrogen) atoms. The van der Waals surface area contributed by atoms with Gasteiger partial charge in [-0.15, -0.1) is 0 Å². The highest BCUT2D eigenvalue weighted by Crippen LogP contribution is 2.41. The van der Waals surface area contributed by atoms with E-state index in [1.54, 1.807) is 0 Å². The first-order valence-corrected chi connectivity index (χ1v) is 7.69. The Labute approximate surface area is 120 Å². The van der Waals surface area contributed by atoms with Gasteiger partial charge in [-0.05, 0) is 39.7 Å². The number of pyridine rings is 1. The van der Waals surface area contributed by atoms with Gasteiger partial charge in [-0.1, -0.05) is 0 Å². The van der Waals surface area contributed by atoms with Gasteiger partial charge in [-0.25, -0.2) is 9.55 Å². The summed E-state index contributed by atoms with van der Waals surface area (Å²) < 4.78 is 4.57. The minimum Gasteiger partial charge on any atom is -0.325 e. The molecule has 4 rings (SSSR count). The average molecular weight is 271 g/mol. The van der Waals surface area contributed by atoms with Crippen LogP contribution < -0.4 is 4.57 Å². The lowest BCUT2D eigenvalue weighted by molar-refractivity contribution is -0.670. The molecule has 1 unspecified atom stereocenters. The summed E-state index contributed by atoms with van der Waals surface area (Å²) in [7, 11) is 4.36. The highest BCUT2D eigenvalue weighted by Gasteiger charge is 2.39. The minimum absolute atomic E-state index is 0.626. The number of imidazole rings is 1. The number of aromatic nitrogens is 3. The van der Waals surface area contributed by atoms with Gasteiger partial charge in [0.15, 0.2) is 17.9 Å². The molecule has 2 bridgehead atoms. The molecule has 0 radical (unpaired) electrons. The molecule has 2 fully saturated rings. The van der Waals surface area contributed by atoms with E-state index in [-0.39, 0.29) is 0 Å². The molecule has 4 heteroatoms. The summed E-state index contributed by atoms with van der Waals surface area (Å²) in [6, 6.07) is 4.39. The Kier molecular flexibility index (Phi) is 2.64. The van der Waals surface area contributed by atoms with Gasteiger partial charge in [0, 0.05) is 24.2 Å². The fourth-order valence-electron chi connectivity index (χ4n) is 4.32. The van der Waals surface area contributed by atoms with Crippen molar-refractivity contribution in [3.05, 3.63) is 24.3 Å². The Hall–Kier alpha value is -1.42. The van der Waals surface area contributed by atoms with Crippen LogP contribution in [-0.2, 0) is 7.05 Å². The zero-order valence-corrected chi connectivity index (χ0v) is 12.6. The number of aryl methyl sites for hydroxylation is 2. The van der Waals surface area contributed by atoms with E-state index in [1.807, 2.05) is 0 Å². The maximum Gasteiger partial charge on any atom is 0.196 e. The van der Waals surface area contributed by atoms with E-state index < -0.39 is 0 Å². The first kappa shape index (κ1) is 12.3. The van der Waals surface area contributed by atoms with Gasteiger partial charge in [0.05, 0.1) is 5.52 Å². The summed E-state index contributed by atoms with van der Waals surface area (Å²) in [4.78, 5) is 7.37. The fourth-order valence-corrected chi connectivity index (χ4v) is 4.32. The molecule has 4 heterocycles. The average Bonchev–Trinajstić information content (AvgIpc) is 2.81. The first-order valence-electron chi connectivity index (χ1n) is 7.69. The molecule has 4 nitrogen and oxygen atoms in total. The molecule has 0 N–H and O–H groups in total. The fraction of sp³-hybridized carbons (Fsp3) is 0.625. The highest BCUT2D eigenvalue weighted by molar-refractivity contribution is 5.74. The van der Waals surface area contributed by atoms with Crippen LogP contribution in [0.3, 0.4) is 0 Å². The zero-order chi connectivity index (χ0) is 13.9. The van der Waals surface area contributed by atoms with Crippen molar-refractivity contribution in [1.82, 2.24) is 14.5 Å². The predicted molar refractivity (Wildman–Crippen MR) is 78.5 cm³/mol. The third-order valence-corrected chi connectivity index (χ3v) is 5.38. The second-order valence-corrected chi connectivity index (χ2v) is 6.59. The molecule has 106 valence electrons. The van der Waals surface area contributed by atoms with Crippen LogP contribution in [0.15, 0.2) is 18.5 Å². The van der Waals surface area contributed by atoms with E-state index in [1.165, 1.54) is 37.0 Å². The van der Waals surface area contributed by atoms with E-state index in [0.29, 0.717) is 6.04 Å². The van der Waals surface area contributed by atoms with Gasteiger partial charge in [-0.2, -0.15) is 0 Å². The van der Waals surface area contributed by atoms with Crippen LogP contribution in [0, 0.1) is 6.92 Å². The molecule has 0 saturated carbocycles. The van der Waals surface area contributed by atoms with Crippen molar-refractivity contribution in [3.63, 3.8) is 0 Å². The van der Waals surface area contributed by atoms with E-state index in [2.05, 4.69) is 53.5 Å². The maximum absolute atomic E-state index is 4.77. The van der Waals surface area contributed by atoms with Gasteiger partial charge in [0.25, 0.3) is 0 Å². The molecule has 2 aromatic rings. The van der Waals surface area contributed by atoms with Gasteiger partial charge < -0.3 is 9.47 Å². The standard InChI is InChI=1S/C16H23N4/c1-11-17-15-10-18(2)7-6-16(15)20(11)14-8-12-4-5-13(9-14)19(12)3/h6-7,10,12-14H,4-5,8-9H2,1-3H3/q+1/t12-,13+,14?. The van der Waals surface area contributed by atoms with Gasteiger partial charge in [-0.3, -0.25) is 0 Å². The Morgan fingerprint density at radius 3 is 2.60 bits per heavy atom. The number of piperidine rings is 1. The number of fused-ring (bicyclic) bond motifs is 3. The molecule has 0 amide bonds. The van der Waals surface area contributed by atoms with E-state index >= 15 is 0 Å². The van der Waals surface area contributed by atoms with Crippen molar-refractivity contribution in [2.24, 2.45) is 7.05 Å². The summed E-state index contributed by atoms with van der Waals surface area (Å²) in [5, 5.41) is 0. The normalized spacial score (nSPS) is 30.2. The van der Waals surface area contributed by atoms with Crippen molar-refractivity contribution in [3.8, 4) is 0 Å². The molecular weight excluding hydrogens is 248 g/mol. The number of rotatable bonds is 1. The smallest absolute Gasteiger partial charge is 0.196 e. The molecule has 0 spiro atoms. The van der Waals surface area contributed by atoms with E-state index in [9.17, 15) is 0 Å². The monoisotopic (exact) mass is 271 g/mol. The molecule has 0 aromatic carbocycles. The molecule has 2 aliphatic rings. The summed E-state index contributed by atoms with van der Waals surface area (Å²) in [6.45, 7) is 2.15. The molecule has 2 aliphatic heterocycles. The second-order valence-electron chi connectivity index (χ2n) is 6.59. The van der Waals surface area contributed by atoms with Crippen LogP contribution in [0.5, 0.6) is 0 Å². The highest BCUT2D eigenvalue weighted by atomic mass is 15.2. The molecular formula is C16H23N4+. The first-order chi connectivity index (χ1) is 9.63. The lowest BCUT2D eigenvalue weighted by Gasteiger charge is -2.37. The largest absolute Gasteiger partial charge is 0.325 e. The van der Waals surface area contributed by atoms with Crippen LogP contribution in [0.1, 0.15) is 37.5 Å². The number of nitrogens with zero attached hydrogens (tertiary/aromatic N) is 4. The van der Waals surface area contributed by atoms with Crippen molar-refractivity contribution < 1.29 is 4.57 Å². The van der Waals surface area contributed by atoms with Crippen LogP contribution in [0.4, 0.5) is 0 Å². The van der Waals surface area contributed by atoms with Crippen LogP contribution >= 0.6 is 0 Å². The molecule has 0 aliphatic carbocycles. The summed E-state index contributed by atoms with van der Waals surface area (Å²) in [5.41, 5.74) is 2.42. The predicted octanol–water partition coefficient (Wildman–Crippen LogP) is 1.97. The van der Waals surface area contributed by atoms with Gasteiger partial charge in [0.2, 0.25) is 0 Å². The molecule has 2 aromatic heterocycles. The Morgan fingerprint density at radius 1 is 1.20 bits per heavy atom. The SMILES string of the molecule is Cc1nc2c[n+](C)ccc2n1C1C[C@H]2CC[C@@H](C1)N2C. The summed E-state index contributed by atoms with van der Waals surface area (Å²) >= 11 is 0. The Morgan fingerprint density at radius 2 is 1.90 bits per heavy atom. The van der Waals surface area contributed by atoms with Gasteiger partial charge >= 0.3 is 0 Å². The maximum atomic E-state index is 4.77. The number of hydrogen-bond acceptors (Lipinski definition) is 2. The van der Waals surface area contributed by atoms with Crippen LogP contribution in [0.25, 0.3) is 11.0 Å². The van der Waals surface area contributed by atoms with Crippen molar-refractivity contribution in [2.45, 2.75) is 50.7 Å². The quantitative estimate of drug-likeness (QED) is 0.741. The van der Waals surface area contributed by atoms with Crippen molar-refractivity contribution in [2.75, 3.05) is 7.05 Å². The van der Waals surface area contributed by atoms with Crippen LogP contribution in [0.2, 0.25) is 0 Å². The lowest BCUT2D eigenvalue weighted by atomic mass is 9.97. The second kappa shape index (κ2) is 4.29. The van der Waals surface area contributed by atoms with Gasteiger partial charge in [0.1, 0.15) is 12.9 Å². The third kappa shape index (κ3) is 1.71. The zero-order valence-electron chi connectivity index (χ0n) is 12.6. The van der Waals surface area contributed by atoms with Crippen LogP contribution in [-0.4, -0.2) is 33.6 Å². The molecule has 2 saturated heterocycles. The van der Waals surface area contributed by atoms with Crippen molar-refractivity contribution >= 4 is 11.0 Å². The summed E-state index contributed by atoms with van der Waals surface area (Å²) in [6.07, 6.45) is 9.56. The Balaban J connectivity index is 1.77. The van der Waals surface area contributed by atoms with E-state index in [4.69, 9.17) is 4.98 Å². The Bertz CT molecular complexity index is 646. The topological polar surface area (TPSA) is 24.9 Å². The minimum atomic E-state index is 0.626. The van der Waals surface area contributed by atoms with Crippen molar-refractivity contribution in [1.29, 1.82) is 0 Å².